The van der Waals surface area contributed by atoms with Crippen LogP contribution in [0, 0.1) is 0 Å². The summed E-state index contributed by atoms with van der Waals surface area (Å²) >= 11 is 0. The summed E-state index contributed by atoms with van der Waals surface area (Å²) in [6.45, 7) is 1.87. The number of H-pyrrole nitrogens is 1. The zero-order valence-electron chi connectivity index (χ0n) is 10.1. The van der Waals surface area contributed by atoms with Crippen molar-refractivity contribution in [1.82, 2.24) is 25.1 Å². The molecule has 0 aliphatic heterocycles. The minimum atomic E-state index is 0.247. The Morgan fingerprint density at radius 3 is 3.00 bits per heavy atom. The van der Waals surface area contributed by atoms with Gasteiger partial charge in [-0.25, -0.2) is 0 Å². The minimum Gasteiger partial charge on any atom is -0.369 e. The summed E-state index contributed by atoms with van der Waals surface area (Å²) < 4.78 is 0. The van der Waals surface area contributed by atoms with Crippen molar-refractivity contribution in [3.8, 4) is 0 Å². The highest BCUT2D eigenvalue weighted by Gasteiger charge is 2.06. The minimum absolute atomic E-state index is 0.247. The number of aromatic amines is 1. The monoisotopic (exact) mass is 235 g/mol. The van der Waals surface area contributed by atoms with E-state index in [-0.39, 0.29) is 5.95 Å². The third-order valence-electron chi connectivity index (χ3n) is 2.40. The third-order valence-corrected chi connectivity index (χ3v) is 2.40. The number of nitrogen functional groups attached to an aromatic ring is 1. The first-order valence-electron chi connectivity index (χ1n) is 5.52. The first-order valence-corrected chi connectivity index (χ1v) is 5.52. The average molecular weight is 235 g/mol. The van der Waals surface area contributed by atoms with E-state index >= 15 is 0 Å². The first-order chi connectivity index (χ1) is 8.16. The highest BCUT2D eigenvalue weighted by molar-refractivity contribution is 5.86. The largest absolute Gasteiger partial charge is 0.369 e. The molecule has 0 fully saturated rings. The Morgan fingerprint density at radius 1 is 1.41 bits per heavy atom. The van der Waals surface area contributed by atoms with E-state index in [1.165, 1.54) is 0 Å². The molecular formula is C10H17N7. The summed E-state index contributed by atoms with van der Waals surface area (Å²) in [6, 6.07) is 0. The molecule has 17 heavy (non-hydrogen) atoms. The average Bonchev–Trinajstić information content (AvgIpc) is 2.71. The summed E-state index contributed by atoms with van der Waals surface area (Å²) in [6.07, 6.45) is 2.74. The predicted octanol–water partition coefficient (Wildman–Crippen LogP) is 0.299. The summed E-state index contributed by atoms with van der Waals surface area (Å²) in [4.78, 5) is 10.4. The van der Waals surface area contributed by atoms with Gasteiger partial charge in [0.1, 0.15) is 5.82 Å². The summed E-state index contributed by atoms with van der Waals surface area (Å²) in [5, 5.41) is 10.8. The lowest BCUT2D eigenvalue weighted by molar-refractivity contribution is 0.405. The molecule has 0 saturated heterocycles. The van der Waals surface area contributed by atoms with Crippen molar-refractivity contribution in [1.29, 1.82) is 0 Å². The van der Waals surface area contributed by atoms with Crippen LogP contribution in [0.5, 0.6) is 0 Å². The lowest BCUT2D eigenvalue weighted by Crippen LogP contribution is -2.17. The van der Waals surface area contributed by atoms with Crippen LogP contribution < -0.4 is 11.1 Å². The molecule has 0 aliphatic carbocycles. The van der Waals surface area contributed by atoms with Crippen LogP contribution in [0.1, 0.15) is 6.42 Å². The van der Waals surface area contributed by atoms with Crippen molar-refractivity contribution < 1.29 is 0 Å². The van der Waals surface area contributed by atoms with Gasteiger partial charge in [-0.15, -0.1) is 0 Å². The molecule has 0 radical (unpaired) electrons. The molecule has 0 aliphatic rings. The second kappa shape index (κ2) is 4.96. The number of hydrogen-bond donors (Lipinski definition) is 3. The van der Waals surface area contributed by atoms with Gasteiger partial charge in [0.25, 0.3) is 0 Å². The van der Waals surface area contributed by atoms with Gasteiger partial charge in [-0.3, -0.25) is 5.10 Å². The molecule has 2 aromatic rings. The maximum Gasteiger partial charge on any atom is 0.224 e. The smallest absolute Gasteiger partial charge is 0.224 e. The maximum atomic E-state index is 5.62. The van der Waals surface area contributed by atoms with Gasteiger partial charge in [0.05, 0.1) is 11.6 Å². The molecule has 7 heteroatoms. The van der Waals surface area contributed by atoms with E-state index in [0.29, 0.717) is 5.65 Å². The molecule has 2 rings (SSSR count). The molecule has 0 unspecified atom stereocenters. The normalized spacial score (nSPS) is 11.2. The van der Waals surface area contributed by atoms with E-state index < -0.39 is 0 Å². The van der Waals surface area contributed by atoms with E-state index in [9.17, 15) is 0 Å². The summed E-state index contributed by atoms with van der Waals surface area (Å²) in [5.41, 5.74) is 6.28. The van der Waals surface area contributed by atoms with E-state index in [4.69, 9.17) is 5.73 Å². The fraction of sp³-hybridized carbons (Fsp3) is 0.500. The maximum absolute atomic E-state index is 5.62. The van der Waals surface area contributed by atoms with Crippen molar-refractivity contribution >= 4 is 22.8 Å². The van der Waals surface area contributed by atoms with Crippen LogP contribution in [0.15, 0.2) is 6.20 Å². The third kappa shape index (κ3) is 2.82. The van der Waals surface area contributed by atoms with Gasteiger partial charge in [0, 0.05) is 6.54 Å². The Hall–Kier alpha value is -1.89. The SMILES string of the molecule is CN(C)CCCNc1nc(N)nc2[nH]ncc12. The van der Waals surface area contributed by atoms with Gasteiger partial charge < -0.3 is 16.0 Å². The van der Waals surface area contributed by atoms with Crippen LogP contribution >= 0.6 is 0 Å². The van der Waals surface area contributed by atoms with Crippen LogP contribution in [-0.2, 0) is 0 Å². The molecule has 0 aromatic carbocycles. The van der Waals surface area contributed by atoms with E-state index in [1.54, 1.807) is 6.20 Å². The molecule has 2 heterocycles. The summed E-state index contributed by atoms with van der Waals surface area (Å²) in [7, 11) is 4.11. The Bertz CT molecular complexity index is 490. The molecule has 92 valence electrons. The van der Waals surface area contributed by atoms with Gasteiger partial charge in [0.2, 0.25) is 5.95 Å². The second-order valence-electron chi connectivity index (χ2n) is 4.15. The standard InChI is InChI=1S/C10H17N7/c1-17(2)5-3-4-12-8-7-6-13-16-9(7)15-10(11)14-8/h6H,3-5H2,1-2H3,(H4,11,12,13,14,15,16). The zero-order chi connectivity index (χ0) is 12.3. The highest BCUT2D eigenvalue weighted by atomic mass is 15.2. The molecule has 0 saturated carbocycles. The molecule has 0 atom stereocenters. The van der Waals surface area contributed by atoms with Crippen molar-refractivity contribution in [3.63, 3.8) is 0 Å². The van der Waals surface area contributed by atoms with Gasteiger partial charge in [-0.05, 0) is 27.1 Å². The number of rotatable bonds is 5. The Labute approximate surface area is 99.4 Å². The van der Waals surface area contributed by atoms with Gasteiger partial charge in [-0.2, -0.15) is 15.1 Å². The fourth-order valence-electron chi connectivity index (χ4n) is 1.59. The Kier molecular flexibility index (Phi) is 3.38. The number of anilines is 2. The van der Waals surface area contributed by atoms with Crippen LogP contribution in [0.2, 0.25) is 0 Å². The molecular weight excluding hydrogens is 218 g/mol. The molecule has 4 N–H and O–H groups in total. The highest BCUT2D eigenvalue weighted by Crippen LogP contribution is 2.18. The van der Waals surface area contributed by atoms with E-state index in [0.717, 1.165) is 30.7 Å². The lowest BCUT2D eigenvalue weighted by atomic mass is 10.3. The summed E-state index contributed by atoms with van der Waals surface area (Å²) in [5.74, 6) is 0.983. The van der Waals surface area contributed by atoms with Crippen molar-refractivity contribution in [2.24, 2.45) is 0 Å². The van der Waals surface area contributed by atoms with Gasteiger partial charge in [0.15, 0.2) is 5.65 Å². The zero-order valence-corrected chi connectivity index (χ0v) is 10.1. The number of hydrogen-bond acceptors (Lipinski definition) is 6. The molecule has 0 bridgehead atoms. The van der Waals surface area contributed by atoms with E-state index in [2.05, 4.69) is 44.5 Å². The number of nitrogens with one attached hydrogen (secondary N) is 2. The Balaban J connectivity index is 2.04. The Morgan fingerprint density at radius 2 is 2.24 bits per heavy atom. The molecule has 0 spiro atoms. The quantitative estimate of drug-likeness (QED) is 0.645. The van der Waals surface area contributed by atoms with Crippen LogP contribution in [0.3, 0.4) is 0 Å². The number of aromatic nitrogens is 4. The predicted molar refractivity (Wildman–Crippen MR) is 67.8 cm³/mol. The topological polar surface area (TPSA) is 95.7 Å². The number of nitrogens with zero attached hydrogens (tertiary/aromatic N) is 4. The molecule has 7 nitrogen and oxygen atoms in total. The van der Waals surface area contributed by atoms with Crippen LogP contribution in [0.4, 0.5) is 11.8 Å². The van der Waals surface area contributed by atoms with Crippen molar-refractivity contribution in [3.05, 3.63) is 6.20 Å². The van der Waals surface area contributed by atoms with Crippen LogP contribution in [0.25, 0.3) is 11.0 Å². The number of fused-ring (bicyclic) bond motifs is 1. The van der Waals surface area contributed by atoms with Crippen molar-refractivity contribution in [2.75, 3.05) is 38.2 Å². The molecule has 0 amide bonds. The fourth-order valence-corrected chi connectivity index (χ4v) is 1.59. The van der Waals surface area contributed by atoms with E-state index in [1.807, 2.05) is 0 Å². The van der Waals surface area contributed by atoms with Crippen molar-refractivity contribution in [2.45, 2.75) is 6.42 Å². The van der Waals surface area contributed by atoms with Gasteiger partial charge >= 0.3 is 0 Å². The molecule has 2 aromatic heterocycles. The number of nitrogens with two attached hydrogens (primary N) is 1. The first kappa shape index (κ1) is 11.6. The second-order valence-corrected chi connectivity index (χ2v) is 4.15. The van der Waals surface area contributed by atoms with Crippen LogP contribution in [-0.4, -0.2) is 52.3 Å². The van der Waals surface area contributed by atoms with Gasteiger partial charge in [-0.1, -0.05) is 0 Å². The lowest BCUT2D eigenvalue weighted by Gasteiger charge is -2.10.